The van der Waals surface area contributed by atoms with Gasteiger partial charge in [-0.05, 0) is 109 Å². The normalized spacial score (nSPS) is 12.7. The third kappa shape index (κ3) is 63.2. The van der Waals surface area contributed by atoms with Crippen LogP contribution in [0.5, 0.6) is 0 Å². The number of esters is 3. The Hall–Kier alpha value is -3.67. The number of rotatable bonds is 60. The highest BCUT2D eigenvalue weighted by Crippen LogP contribution is 2.17. The number of carbonyl (C=O) groups excluding carboxylic acids is 3. The first-order chi connectivity index (χ1) is 38.5. The second-order valence-corrected chi connectivity index (χ2v) is 22.0. The Kier molecular flexibility index (Phi) is 62.7. The second-order valence-electron chi connectivity index (χ2n) is 22.0. The zero-order valence-electron chi connectivity index (χ0n) is 51.4. The third-order valence-corrected chi connectivity index (χ3v) is 14.3. The van der Waals surface area contributed by atoms with Gasteiger partial charge in [-0.3, -0.25) is 14.4 Å². The third-order valence-electron chi connectivity index (χ3n) is 14.3. The van der Waals surface area contributed by atoms with E-state index in [9.17, 15) is 14.4 Å². The lowest BCUT2D eigenvalue weighted by atomic mass is 10.0. The van der Waals surface area contributed by atoms with Gasteiger partial charge in [-0.15, -0.1) is 0 Å². The highest BCUT2D eigenvalue weighted by Gasteiger charge is 2.19. The fraction of sp³-hybridized carbons (Fsp3) is 0.736. The quantitative estimate of drug-likeness (QED) is 0.0261. The van der Waals surface area contributed by atoms with E-state index >= 15 is 0 Å². The van der Waals surface area contributed by atoms with Gasteiger partial charge in [-0.25, -0.2) is 0 Å². The maximum atomic E-state index is 12.9. The molecule has 0 rings (SSSR count). The van der Waals surface area contributed by atoms with Gasteiger partial charge < -0.3 is 14.2 Å². The van der Waals surface area contributed by atoms with E-state index in [1.54, 1.807) is 0 Å². The summed E-state index contributed by atoms with van der Waals surface area (Å²) in [6.45, 7) is 6.45. The topological polar surface area (TPSA) is 78.9 Å². The average Bonchev–Trinajstić information content (AvgIpc) is 3.44. The molecule has 0 N–H and O–H groups in total. The van der Waals surface area contributed by atoms with Gasteiger partial charge in [0.15, 0.2) is 6.10 Å². The number of unbranched alkanes of at least 4 members (excludes halogenated alkanes) is 33. The van der Waals surface area contributed by atoms with Crippen molar-refractivity contribution in [3.63, 3.8) is 0 Å². The van der Waals surface area contributed by atoms with Crippen LogP contribution in [-0.2, 0) is 28.6 Å². The summed E-state index contributed by atoms with van der Waals surface area (Å²) in [5.74, 6) is -0.986. The Morgan fingerprint density at radius 1 is 0.269 bits per heavy atom. The summed E-state index contributed by atoms with van der Waals surface area (Å²) in [5.41, 5.74) is 0. The maximum Gasteiger partial charge on any atom is 0.306 e. The summed E-state index contributed by atoms with van der Waals surface area (Å²) in [6, 6.07) is 0. The molecule has 0 aromatic carbocycles. The monoisotopic (exact) mass is 1080 g/mol. The SMILES string of the molecule is CC/C=C\C/C=C\C/C=C\C/C=C\CCC(=O)OCC(COC(=O)CCCCCCCCCCCCCCCCCCCC/C=C\C/C=C\C/C=C\CCCCCCC)OC(=O)CCCCCCC/C=C\CCCCCCC. The maximum absolute atomic E-state index is 12.9. The molecule has 78 heavy (non-hydrogen) atoms. The zero-order valence-corrected chi connectivity index (χ0v) is 51.4. The van der Waals surface area contributed by atoms with Crippen molar-refractivity contribution in [2.24, 2.45) is 0 Å². The number of ether oxygens (including phenoxy) is 3. The van der Waals surface area contributed by atoms with Gasteiger partial charge in [-0.2, -0.15) is 0 Å². The van der Waals surface area contributed by atoms with E-state index < -0.39 is 6.10 Å². The first-order valence-corrected chi connectivity index (χ1v) is 33.2. The first kappa shape index (κ1) is 74.3. The van der Waals surface area contributed by atoms with E-state index in [1.165, 1.54) is 186 Å². The fourth-order valence-electron chi connectivity index (χ4n) is 9.34. The highest BCUT2D eigenvalue weighted by atomic mass is 16.6. The standard InChI is InChI=1S/C72H124O6/c1-4-7-10-13-16-19-22-25-27-28-29-30-31-32-33-34-35-36-37-38-39-40-41-42-43-44-45-48-50-53-56-59-62-65-71(74)77-68-69(67-76-70(73)64-61-58-55-52-49-46-24-21-18-15-12-9-6-3)78-72(75)66-63-60-57-54-51-47-26-23-20-17-14-11-8-5-2/h9,12,18,21-23,25-26,28-29,31-32,46,49,55,58,69H,4-8,10-11,13-17,19-20,24,27,30,33-45,47-48,50-54,56-57,59-68H2,1-3H3/b12-9-,21-18-,25-22-,26-23-,29-28-,32-31-,49-46-,58-55-. The molecule has 0 aliphatic rings. The molecule has 0 saturated heterocycles. The van der Waals surface area contributed by atoms with Crippen LogP contribution < -0.4 is 0 Å². The first-order valence-electron chi connectivity index (χ1n) is 33.2. The van der Waals surface area contributed by atoms with Crippen LogP contribution in [0.15, 0.2) is 97.2 Å². The van der Waals surface area contributed by atoms with Crippen molar-refractivity contribution in [3.8, 4) is 0 Å². The number of allylic oxidation sites excluding steroid dienone is 16. The molecule has 1 unspecified atom stereocenters. The zero-order chi connectivity index (χ0) is 56.4. The minimum absolute atomic E-state index is 0.101. The van der Waals surface area contributed by atoms with Crippen LogP contribution in [0.4, 0.5) is 0 Å². The van der Waals surface area contributed by atoms with Crippen molar-refractivity contribution in [2.45, 2.75) is 329 Å². The molecule has 0 spiro atoms. The van der Waals surface area contributed by atoms with Crippen molar-refractivity contribution in [1.82, 2.24) is 0 Å². The van der Waals surface area contributed by atoms with E-state index in [-0.39, 0.29) is 37.5 Å². The molecule has 0 aliphatic heterocycles. The summed E-state index contributed by atoms with van der Waals surface area (Å²) in [6.07, 6.45) is 88.9. The van der Waals surface area contributed by atoms with Crippen molar-refractivity contribution >= 4 is 17.9 Å². The van der Waals surface area contributed by atoms with E-state index in [0.29, 0.717) is 19.3 Å². The molecule has 0 aromatic heterocycles. The van der Waals surface area contributed by atoms with Crippen LogP contribution in [0, 0.1) is 0 Å². The summed E-state index contributed by atoms with van der Waals surface area (Å²) in [4.78, 5) is 38.2. The molecular weight excluding hydrogens is 961 g/mol. The van der Waals surface area contributed by atoms with Gasteiger partial charge in [0.2, 0.25) is 0 Å². The fourth-order valence-corrected chi connectivity index (χ4v) is 9.34. The number of carbonyl (C=O) groups is 3. The van der Waals surface area contributed by atoms with E-state index in [1.807, 2.05) is 6.08 Å². The lowest BCUT2D eigenvalue weighted by Crippen LogP contribution is -2.30. The molecule has 1 atom stereocenters. The Bertz CT molecular complexity index is 1530. The van der Waals surface area contributed by atoms with Crippen LogP contribution in [0.3, 0.4) is 0 Å². The molecule has 0 aromatic rings. The van der Waals surface area contributed by atoms with Gasteiger partial charge in [0, 0.05) is 19.3 Å². The summed E-state index contributed by atoms with van der Waals surface area (Å²) in [5, 5.41) is 0. The molecule has 0 saturated carbocycles. The van der Waals surface area contributed by atoms with Crippen LogP contribution in [0.2, 0.25) is 0 Å². The van der Waals surface area contributed by atoms with Gasteiger partial charge >= 0.3 is 17.9 Å². The summed E-state index contributed by atoms with van der Waals surface area (Å²) < 4.78 is 16.8. The highest BCUT2D eigenvalue weighted by molar-refractivity contribution is 5.71. The van der Waals surface area contributed by atoms with E-state index in [4.69, 9.17) is 14.2 Å². The molecule has 0 fully saturated rings. The van der Waals surface area contributed by atoms with Gasteiger partial charge in [0.25, 0.3) is 0 Å². The lowest BCUT2D eigenvalue weighted by molar-refractivity contribution is -0.166. The van der Waals surface area contributed by atoms with Crippen molar-refractivity contribution in [2.75, 3.05) is 13.2 Å². The van der Waals surface area contributed by atoms with E-state index in [0.717, 1.165) is 89.9 Å². The molecule has 0 amide bonds. The summed E-state index contributed by atoms with van der Waals surface area (Å²) >= 11 is 0. The van der Waals surface area contributed by atoms with Crippen LogP contribution in [0.25, 0.3) is 0 Å². The van der Waals surface area contributed by atoms with Crippen LogP contribution in [-0.4, -0.2) is 37.2 Å². The molecular formula is C72H124O6. The smallest absolute Gasteiger partial charge is 0.306 e. The molecule has 448 valence electrons. The lowest BCUT2D eigenvalue weighted by Gasteiger charge is -2.18. The van der Waals surface area contributed by atoms with Gasteiger partial charge in [0.05, 0.1) is 0 Å². The predicted octanol–water partition coefficient (Wildman–Crippen LogP) is 22.8. The van der Waals surface area contributed by atoms with Crippen LogP contribution in [0.1, 0.15) is 323 Å². The largest absolute Gasteiger partial charge is 0.462 e. The Balaban J connectivity index is 4.16. The van der Waals surface area contributed by atoms with Gasteiger partial charge in [-0.1, -0.05) is 291 Å². The minimum atomic E-state index is -0.810. The molecule has 0 radical (unpaired) electrons. The average molecular weight is 1090 g/mol. The Morgan fingerprint density at radius 2 is 0.526 bits per heavy atom. The number of hydrogen-bond acceptors (Lipinski definition) is 6. The molecule has 6 heteroatoms. The molecule has 0 aliphatic carbocycles. The molecule has 0 bridgehead atoms. The van der Waals surface area contributed by atoms with Gasteiger partial charge in [0.1, 0.15) is 13.2 Å². The van der Waals surface area contributed by atoms with Crippen LogP contribution >= 0.6 is 0 Å². The van der Waals surface area contributed by atoms with Crippen molar-refractivity contribution in [1.29, 1.82) is 0 Å². The number of hydrogen-bond donors (Lipinski definition) is 0. The van der Waals surface area contributed by atoms with Crippen molar-refractivity contribution in [3.05, 3.63) is 97.2 Å². The second kappa shape index (κ2) is 65.8. The molecule has 0 heterocycles. The predicted molar refractivity (Wildman–Crippen MR) is 339 cm³/mol. The molecule has 6 nitrogen and oxygen atoms in total. The minimum Gasteiger partial charge on any atom is -0.462 e. The summed E-state index contributed by atoms with van der Waals surface area (Å²) in [7, 11) is 0. The van der Waals surface area contributed by atoms with Crippen molar-refractivity contribution < 1.29 is 28.6 Å². The Morgan fingerprint density at radius 3 is 0.872 bits per heavy atom. The Labute approximate surface area is 483 Å². The van der Waals surface area contributed by atoms with E-state index in [2.05, 4.69) is 112 Å².